The minimum Gasteiger partial charge on any atom is -0.493 e. The summed E-state index contributed by atoms with van der Waals surface area (Å²) in [5.74, 6) is 1.51. The van der Waals surface area contributed by atoms with Crippen LogP contribution in [-0.4, -0.2) is 50.8 Å². The molecule has 2 fully saturated rings. The summed E-state index contributed by atoms with van der Waals surface area (Å²) >= 11 is 0. The highest BCUT2D eigenvalue weighted by Gasteiger charge is 2.51. The van der Waals surface area contributed by atoms with Crippen LogP contribution >= 0.6 is 0 Å². The third kappa shape index (κ3) is 3.93. The molecule has 0 aromatic heterocycles. The van der Waals surface area contributed by atoms with Crippen LogP contribution in [0.4, 0.5) is 0 Å². The fourth-order valence-electron chi connectivity index (χ4n) is 4.90. The molecule has 5 nitrogen and oxygen atoms in total. The number of likely N-dealkylation sites (N-methyl/N-ethyl adjacent to an activating group) is 1. The second-order valence-corrected chi connectivity index (χ2v) is 7.96. The van der Waals surface area contributed by atoms with Gasteiger partial charge in [-0.05, 0) is 57.0 Å². The molecule has 1 aromatic rings. The van der Waals surface area contributed by atoms with E-state index in [1.165, 1.54) is 5.56 Å². The lowest BCUT2D eigenvalue weighted by atomic mass is 9.65. The highest BCUT2D eigenvalue weighted by Crippen LogP contribution is 2.50. The van der Waals surface area contributed by atoms with E-state index >= 15 is 0 Å². The molecule has 0 radical (unpaired) electrons. The van der Waals surface area contributed by atoms with Crippen molar-refractivity contribution in [2.75, 3.05) is 27.8 Å². The number of fused-ring (bicyclic) bond motifs is 1. The molecular weight excluding hydrogens is 342 g/mol. The topological polar surface area (TPSA) is 48.0 Å². The van der Waals surface area contributed by atoms with E-state index in [0.717, 1.165) is 56.6 Å². The Morgan fingerprint density at radius 1 is 1.22 bits per heavy atom. The van der Waals surface area contributed by atoms with Crippen LogP contribution in [-0.2, 0) is 14.9 Å². The molecule has 0 bridgehead atoms. The first kappa shape index (κ1) is 20.0. The largest absolute Gasteiger partial charge is 0.493 e. The molecule has 0 amide bonds. The van der Waals surface area contributed by atoms with E-state index in [0.29, 0.717) is 12.5 Å². The lowest BCUT2D eigenvalue weighted by Crippen LogP contribution is -2.48. The maximum Gasteiger partial charge on any atom is 0.306 e. The van der Waals surface area contributed by atoms with Crippen LogP contribution in [0.3, 0.4) is 0 Å². The van der Waals surface area contributed by atoms with Gasteiger partial charge in [-0.1, -0.05) is 19.4 Å². The summed E-state index contributed by atoms with van der Waals surface area (Å²) in [4.78, 5) is 14.5. The Morgan fingerprint density at radius 3 is 2.70 bits per heavy atom. The number of hydrogen-bond donors (Lipinski definition) is 0. The van der Waals surface area contributed by atoms with Crippen LogP contribution in [0.2, 0.25) is 0 Å². The summed E-state index contributed by atoms with van der Waals surface area (Å²) in [5, 5.41) is 0. The van der Waals surface area contributed by atoms with E-state index in [4.69, 9.17) is 14.2 Å². The van der Waals surface area contributed by atoms with Gasteiger partial charge in [-0.25, -0.2) is 0 Å². The molecular formula is C22H33NO4. The van der Waals surface area contributed by atoms with Crippen molar-refractivity contribution < 1.29 is 19.0 Å². The molecule has 1 saturated carbocycles. The Morgan fingerprint density at radius 2 is 2.00 bits per heavy atom. The number of hydrogen-bond acceptors (Lipinski definition) is 5. The van der Waals surface area contributed by atoms with Crippen molar-refractivity contribution in [3.8, 4) is 11.5 Å². The van der Waals surface area contributed by atoms with Crippen LogP contribution in [0.1, 0.15) is 57.4 Å². The van der Waals surface area contributed by atoms with E-state index in [2.05, 4.69) is 31.0 Å². The Bertz CT molecular complexity index is 662. The molecule has 3 atom stereocenters. The van der Waals surface area contributed by atoms with Crippen molar-refractivity contribution in [1.29, 1.82) is 0 Å². The molecule has 1 aromatic carbocycles. The molecule has 5 heteroatoms. The number of rotatable bonds is 7. The molecule has 1 aliphatic carbocycles. The molecule has 0 spiro atoms. The summed E-state index contributed by atoms with van der Waals surface area (Å²) in [7, 11) is 5.54. The number of unbranched alkanes of at least 4 members (excludes halogenated alkanes) is 1. The third-order valence-corrected chi connectivity index (χ3v) is 6.47. The zero-order valence-corrected chi connectivity index (χ0v) is 17.1. The number of esters is 1. The maximum atomic E-state index is 12.1. The zero-order chi connectivity index (χ0) is 19.4. The Kier molecular flexibility index (Phi) is 6.30. The first-order valence-electron chi connectivity index (χ1n) is 10.2. The zero-order valence-electron chi connectivity index (χ0n) is 17.1. The average molecular weight is 376 g/mol. The van der Waals surface area contributed by atoms with Crippen molar-refractivity contribution in [3.63, 3.8) is 0 Å². The maximum absolute atomic E-state index is 12.1. The van der Waals surface area contributed by atoms with E-state index < -0.39 is 0 Å². The number of methoxy groups -OCH3 is 2. The average Bonchev–Trinajstić information content (AvgIpc) is 3.03. The summed E-state index contributed by atoms with van der Waals surface area (Å²) < 4.78 is 16.8. The predicted octanol–water partition coefficient (Wildman–Crippen LogP) is 3.93. The molecule has 150 valence electrons. The third-order valence-electron chi connectivity index (χ3n) is 6.47. The SMILES string of the molecule is CCCCC(=O)O[C@H]1CC[C@@]2(c3ccc(OC)c(OC)c3)CCN(C)[C@H]2C1. The summed E-state index contributed by atoms with van der Waals surface area (Å²) in [6, 6.07) is 6.71. The van der Waals surface area contributed by atoms with Gasteiger partial charge in [0, 0.05) is 24.3 Å². The Labute approximate surface area is 163 Å². The first-order chi connectivity index (χ1) is 13.0. The molecule has 0 N–H and O–H groups in total. The minimum absolute atomic E-state index is 0.0353. The van der Waals surface area contributed by atoms with Gasteiger partial charge in [-0.3, -0.25) is 4.79 Å². The number of carbonyl (C=O) groups is 1. The second-order valence-electron chi connectivity index (χ2n) is 7.96. The monoisotopic (exact) mass is 375 g/mol. The molecule has 1 aliphatic heterocycles. The molecule has 3 rings (SSSR count). The Hall–Kier alpha value is -1.75. The van der Waals surface area contributed by atoms with Crippen molar-refractivity contribution in [3.05, 3.63) is 23.8 Å². The van der Waals surface area contributed by atoms with Gasteiger partial charge in [0.15, 0.2) is 11.5 Å². The van der Waals surface area contributed by atoms with Gasteiger partial charge >= 0.3 is 5.97 Å². The molecule has 2 aliphatic rings. The van der Waals surface area contributed by atoms with Crippen LogP contribution in [0, 0.1) is 0 Å². The lowest BCUT2D eigenvalue weighted by molar-refractivity contribution is -0.152. The quantitative estimate of drug-likeness (QED) is 0.676. The standard InChI is InChI=1S/C22H33NO4/c1-5-6-7-21(24)27-17-10-11-22(12-13-23(2)20(22)15-17)16-8-9-18(25-3)19(14-16)26-4/h8-9,14,17,20H,5-7,10-13,15H2,1-4H3/t17-,20-,22-/m0/s1. The molecule has 1 heterocycles. The van der Waals surface area contributed by atoms with Gasteiger partial charge in [0.1, 0.15) is 6.10 Å². The van der Waals surface area contributed by atoms with Crippen LogP contribution < -0.4 is 9.47 Å². The van der Waals surface area contributed by atoms with Gasteiger partial charge in [-0.15, -0.1) is 0 Å². The van der Waals surface area contributed by atoms with E-state index in [9.17, 15) is 4.79 Å². The summed E-state index contributed by atoms with van der Waals surface area (Å²) in [6.45, 7) is 3.16. The fraction of sp³-hybridized carbons (Fsp3) is 0.682. The summed E-state index contributed by atoms with van der Waals surface area (Å²) in [5.41, 5.74) is 1.41. The van der Waals surface area contributed by atoms with Gasteiger partial charge in [0.05, 0.1) is 14.2 Å². The number of ether oxygens (including phenoxy) is 3. The van der Waals surface area contributed by atoms with Crippen LogP contribution in [0.25, 0.3) is 0 Å². The Balaban J connectivity index is 1.79. The number of nitrogens with zero attached hydrogens (tertiary/aromatic N) is 1. The highest BCUT2D eigenvalue weighted by atomic mass is 16.5. The predicted molar refractivity (Wildman–Crippen MR) is 106 cm³/mol. The second kappa shape index (κ2) is 8.51. The fourth-order valence-corrected chi connectivity index (χ4v) is 4.90. The van der Waals surface area contributed by atoms with Gasteiger partial charge < -0.3 is 19.1 Å². The van der Waals surface area contributed by atoms with Crippen molar-refractivity contribution in [2.24, 2.45) is 0 Å². The molecule has 1 saturated heterocycles. The number of carbonyl (C=O) groups excluding carboxylic acids is 1. The summed E-state index contributed by atoms with van der Waals surface area (Å²) in [6.07, 6.45) is 6.49. The van der Waals surface area contributed by atoms with Crippen molar-refractivity contribution in [2.45, 2.75) is 69.4 Å². The minimum atomic E-state index is -0.0406. The molecule has 0 unspecified atom stereocenters. The van der Waals surface area contributed by atoms with Gasteiger partial charge in [0.2, 0.25) is 0 Å². The highest BCUT2D eigenvalue weighted by molar-refractivity contribution is 5.69. The van der Waals surface area contributed by atoms with Crippen molar-refractivity contribution >= 4 is 5.97 Å². The van der Waals surface area contributed by atoms with E-state index in [-0.39, 0.29) is 17.5 Å². The van der Waals surface area contributed by atoms with Crippen molar-refractivity contribution in [1.82, 2.24) is 4.90 Å². The normalized spacial score (nSPS) is 27.9. The smallest absolute Gasteiger partial charge is 0.306 e. The van der Waals surface area contributed by atoms with E-state index in [1.807, 2.05) is 6.07 Å². The van der Waals surface area contributed by atoms with Crippen LogP contribution in [0.5, 0.6) is 11.5 Å². The van der Waals surface area contributed by atoms with Crippen LogP contribution in [0.15, 0.2) is 18.2 Å². The van der Waals surface area contributed by atoms with Gasteiger partial charge in [-0.2, -0.15) is 0 Å². The number of likely N-dealkylation sites (tertiary alicyclic amines) is 1. The number of benzene rings is 1. The van der Waals surface area contributed by atoms with E-state index in [1.54, 1.807) is 14.2 Å². The lowest BCUT2D eigenvalue weighted by Gasteiger charge is -2.44. The molecule has 27 heavy (non-hydrogen) atoms. The van der Waals surface area contributed by atoms with Gasteiger partial charge in [0.25, 0.3) is 0 Å². The first-order valence-corrected chi connectivity index (χ1v) is 10.2.